The maximum atomic E-state index is 12.4. The highest BCUT2D eigenvalue weighted by atomic mass is 35.5. The molecule has 12 heteroatoms. The summed E-state index contributed by atoms with van der Waals surface area (Å²) < 4.78 is 1.64. The van der Waals surface area contributed by atoms with E-state index in [2.05, 4.69) is 20.8 Å². The smallest absolute Gasteiger partial charge is 0.271 e. The predicted octanol–water partition coefficient (Wildman–Crippen LogP) is 3.91. The lowest BCUT2D eigenvalue weighted by Crippen LogP contribution is -2.17. The number of thioether (sulfide) groups is 1. The molecule has 0 unspecified atom stereocenters. The lowest BCUT2D eigenvalue weighted by Gasteiger charge is -2.08. The third-order valence-electron chi connectivity index (χ3n) is 4.74. The van der Waals surface area contributed by atoms with Crippen molar-refractivity contribution in [1.29, 1.82) is 0 Å². The van der Waals surface area contributed by atoms with Gasteiger partial charge in [-0.3, -0.25) is 19.7 Å². The Bertz CT molecular complexity index is 1230. The highest BCUT2D eigenvalue weighted by Crippen LogP contribution is 2.23. The third kappa shape index (κ3) is 6.30. The lowest BCUT2D eigenvalue weighted by molar-refractivity contribution is -0.384. The van der Waals surface area contributed by atoms with Crippen molar-refractivity contribution in [1.82, 2.24) is 14.8 Å². The summed E-state index contributed by atoms with van der Waals surface area (Å²) in [5.41, 5.74) is 2.48. The molecule has 1 aromatic heterocycles. The number of aryl methyl sites for hydroxylation is 2. The highest BCUT2D eigenvalue weighted by Gasteiger charge is 2.16. The minimum absolute atomic E-state index is 0.00533. The quantitative estimate of drug-likeness (QED) is 0.279. The second-order valence-electron chi connectivity index (χ2n) is 7.24. The Morgan fingerprint density at radius 2 is 1.82 bits per heavy atom. The van der Waals surface area contributed by atoms with Gasteiger partial charge in [0, 0.05) is 29.9 Å². The van der Waals surface area contributed by atoms with Crippen molar-refractivity contribution < 1.29 is 14.5 Å². The Labute approximate surface area is 198 Å². The molecule has 2 aromatic carbocycles. The van der Waals surface area contributed by atoms with E-state index >= 15 is 0 Å². The van der Waals surface area contributed by atoms with Gasteiger partial charge in [-0.2, -0.15) is 0 Å². The summed E-state index contributed by atoms with van der Waals surface area (Å²) in [6.07, 6.45) is -0.00533. The van der Waals surface area contributed by atoms with Crippen LogP contribution in [0.15, 0.2) is 41.6 Å². The van der Waals surface area contributed by atoms with Crippen LogP contribution in [0.4, 0.5) is 17.1 Å². The van der Waals surface area contributed by atoms with E-state index in [9.17, 15) is 19.7 Å². The van der Waals surface area contributed by atoms with Gasteiger partial charge in [-0.1, -0.05) is 35.5 Å². The summed E-state index contributed by atoms with van der Waals surface area (Å²) in [5.74, 6) is -0.173. The molecule has 0 aliphatic carbocycles. The van der Waals surface area contributed by atoms with Gasteiger partial charge in [-0.25, -0.2) is 0 Å². The SMILES string of the molecule is Cc1ccc(NC(=O)Cc2nnc(SCC(=O)Nc3cc([N+](=O)[O-])ccc3C)n2C)cc1Cl. The van der Waals surface area contributed by atoms with Gasteiger partial charge in [0.05, 0.1) is 22.8 Å². The molecule has 33 heavy (non-hydrogen) atoms. The van der Waals surface area contributed by atoms with Gasteiger partial charge in [-0.05, 0) is 37.1 Å². The summed E-state index contributed by atoms with van der Waals surface area (Å²) in [6.45, 7) is 3.62. The van der Waals surface area contributed by atoms with Crippen LogP contribution in [0.3, 0.4) is 0 Å². The monoisotopic (exact) mass is 488 g/mol. The van der Waals surface area contributed by atoms with Gasteiger partial charge in [0.15, 0.2) is 5.16 Å². The van der Waals surface area contributed by atoms with Crippen LogP contribution in [0.1, 0.15) is 17.0 Å². The van der Waals surface area contributed by atoms with Crippen LogP contribution in [0.25, 0.3) is 0 Å². The maximum Gasteiger partial charge on any atom is 0.271 e. The molecule has 0 saturated heterocycles. The molecule has 0 fully saturated rings. The molecule has 0 atom stereocenters. The molecule has 3 aromatic rings. The van der Waals surface area contributed by atoms with Crippen molar-refractivity contribution >= 4 is 52.2 Å². The molecule has 0 aliphatic heterocycles. The molecule has 1 heterocycles. The number of nitro benzene ring substituents is 1. The number of amides is 2. The molecule has 2 amide bonds. The zero-order valence-corrected chi connectivity index (χ0v) is 19.7. The molecule has 3 rings (SSSR count). The van der Waals surface area contributed by atoms with Gasteiger partial charge in [0.25, 0.3) is 5.69 Å². The number of carbonyl (C=O) groups excluding carboxylic acids is 2. The number of benzene rings is 2. The Kier molecular flexibility index (Phi) is 7.67. The van der Waals surface area contributed by atoms with Crippen molar-refractivity contribution in [2.24, 2.45) is 7.05 Å². The van der Waals surface area contributed by atoms with Crippen LogP contribution >= 0.6 is 23.4 Å². The van der Waals surface area contributed by atoms with Crippen LogP contribution in [-0.2, 0) is 23.1 Å². The summed E-state index contributed by atoms with van der Waals surface area (Å²) in [6, 6.07) is 9.52. The topological polar surface area (TPSA) is 132 Å². The van der Waals surface area contributed by atoms with E-state index < -0.39 is 4.92 Å². The fourth-order valence-electron chi connectivity index (χ4n) is 2.82. The van der Waals surface area contributed by atoms with Gasteiger partial charge in [0.2, 0.25) is 11.8 Å². The summed E-state index contributed by atoms with van der Waals surface area (Å²) in [7, 11) is 1.70. The highest BCUT2D eigenvalue weighted by molar-refractivity contribution is 7.99. The number of non-ortho nitro benzene ring substituents is 1. The molecule has 0 aliphatic rings. The number of hydrogen-bond acceptors (Lipinski definition) is 7. The lowest BCUT2D eigenvalue weighted by atomic mass is 10.2. The van der Waals surface area contributed by atoms with E-state index in [-0.39, 0.29) is 29.7 Å². The van der Waals surface area contributed by atoms with E-state index in [1.165, 1.54) is 12.1 Å². The van der Waals surface area contributed by atoms with E-state index in [0.29, 0.717) is 32.9 Å². The van der Waals surface area contributed by atoms with Crippen LogP contribution < -0.4 is 10.6 Å². The summed E-state index contributed by atoms with van der Waals surface area (Å²) in [5, 5.41) is 25.5. The number of nitrogens with one attached hydrogen (secondary N) is 2. The molecule has 2 N–H and O–H groups in total. The Balaban J connectivity index is 1.57. The third-order valence-corrected chi connectivity index (χ3v) is 6.17. The first-order chi connectivity index (χ1) is 15.6. The number of halogens is 1. The van der Waals surface area contributed by atoms with Crippen molar-refractivity contribution in [2.45, 2.75) is 25.4 Å². The maximum absolute atomic E-state index is 12.4. The average molecular weight is 489 g/mol. The van der Waals surface area contributed by atoms with E-state index in [1.54, 1.807) is 36.7 Å². The molecular weight excluding hydrogens is 468 g/mol. The number of aromatic nitrogens is 3. The van der Waals surface area contributed by atoms with E-state index in [1.807, 2.05) is 13.0 Å². The molecule has 0 saturated carbocycles. The molecule has 10 nitrogen and oxygen atoms in total. The van der Waals surface area contributed by atoms with E-state index in [0.717, 1.165) is 17.3 Å². The van der Waals surface area contributed by atoms with Crippen LogP contribution in [-0.4, -0.2) is 37.3 Å². The standard InChI is InChI=1S/C21H21ClN6O4S/c1-12-4-6-14(8-16(12)22)23-19(29)10-18-25-26-21(27(18)3)33-11-20(30)24-17-9-15(28(31)32)7-5-13(17)2/h4-9H,10-11H2,1-3H3,(H,23,29)(H,24,30). The number of nitro groups is 1. The van der Waals surface area contributed by atoms with Crippen molar-refractivity contribution in [2.75, 3.05) is 16.4 Å². The second kappa shape index (κ2) is 10.5. The Hall–Kier alpha value is -3.44. The molecule has 0 radical (unpaired) electrons. The number of hydrogen-bond donors (Lipinski definition) is 2. The fourth-order valence-corrected chi connectivity index (χ4v) is 3.73. The van der Waals surface area contributed by atoms with Gasteiger partial charge < -0.3 is 15.2 Å². The van der Waals surface area contributed by atoms with Crippen molar-refractivity contribution in [3.63, 3.8) is 0 Å². The van der Waals surface area contributed by atoms with E-state index in [4.69, 9.17) is 11.6 Å². The zero-order chi connectivity index (χ0) is 24.1. The summed E-state index contributed by atoms with van der Waals surface area (Å²) in [4.78, 5) is 35.1. The number of carbonyl (C=O) groups is 2. The first-order valence-corrected chi connectivity index (χ1v) is 11.1. The fraction of sp³-hybridized carbons (Fsp3) is 0.238. The normalized spacial score (nSPS) is 10.7. The Morgan fingerprint density at radius 1 is 1.09 bits per heavy atom. The number of anilines is 2. The Morgan fingerprint density at radius 3 is 2.52 bits per heavy atom. The molecule has 172 valence electrons. The largest absolute Gasteiger partial charge is 0.326 e. The van der Waals surface area contributed by atoms with Crippen LogP contribution in [0, 0.1) is 24.0 Å². The first-order valence-electron chi connectivity index (χ1n) is 9.76. The number of nitrogens with zero attached hydrogens (tertiary/aromatic N) is 4. The minimum Gasteiger partial charge on any atom is -0.326 e. The zero-order valence-electron chi connectivity index (χ0n) is 18.1. The average Bonchev–Trinajstić information content (AvgIpc) is 3.10. The predicted molar refractivity (Wildman–Crippen MR) is 127 cm³/mol. The van der Waals surface area contributed by atoms with Gasteiger partial charge in [0.1, 0.15) is 5.82 Å². The molecular formula is C21H21ClN6O4S. The minimum atomic E-state index is -0.519. The molecule has 0 bridgehead atoms. The summed E-state index contributed by atoms with van der Waals surface area (Å²) >= 11 is 7.22. The number of rotatable bonds is 8. The first kappa shape index (κ1) is 24.2. The van der Waals surface area contributed by atoms with Crippen LogP contribution in [0.5, 0.6) is 0 Å². The second-order valence-corrected chi connectivity index (χ2v) is 8.59. The van der Waals surface area contributed by atoms with Gasteiger partial charge >= 0.3 is 0 Å². The van der Waals surface area contributed by atoms with Crippen molar-refractivity contribution in [3.8, 4) is 0 Å². The van der Waals surface area contributed by atoms with Crippen LogP contribution in [0.2, 0.25) is 5.02 Å². The van der Waals surface area contributed by atoms with Gasteiger partial charge in [-0.15, -0.1) is 10.2 Å². The van der Waals surface area contributed by atoms with Crippen molar-refractivity contribution in [3.05, 3.63) is 68.5 Å². The molecule has 0 spiro atoms.